The second kappa shape index (κ2) is 13.1. The Morgan fingerprint density at radius 1 is 0.900 bits per heavy atom. The van der Waals surface area contributed by atoms with E-state index in [1.165, 1.54) is 0 Å². The van der Waals surface area contributed by atoms with E-state index in [2.05, 4.69) is 27.5 Å². The number of morpholine rings is 1. The molecule has 2 heterocycles. The van der Waals surface area contributed by atoms with E-state index >= 15 is 0 Å². The molecule has 0 aliphatic carbocycles. The third-order valence-corrected chi connectivity index (χ3v) is 8.55. The molecule has 1 unspecified atom stereocenters. The van der Waals surface area contributed by atoms with Crippen LogP contribution in [-0.2, 0) is 16.1 Å². The van der Waals surface area contributed by atoms with E-state index in [1.807, 2.05) is 30.3 Å². The lowest BCUT2D eigenvalue weighted by atomic mass is 10.0. The highest BCUT2D eigenvalue weighted by Gasteiger charge is 2.40. The molecule has 1 atom stereocenters. The highest BCUT2D eigenvalue weighted by molar-refractivity contribution is 14.1. The Morgan fingerprint density at radius 2 is 1.60 bits per heavy atom. The molecule has 7 nitrogen and oxygen atoms in total. The van der Waals surface area contributed by atoms with Gasteiger partial charge in [-0.15, -0.1) is 0 Å². The largest absolute Gasteiger partial charge is 0.398 e. The van der Waals surface area contributed by atoms with Gasteiger partial charge in [-0.1, -0.05) is 41.4 Å². The van der Waals surface area contributed by atoms with Crippen molar-refractivity contribution in [1.29, 1.82) is 0 Å². The zero-order valence-electron chi connectivity index (χ0n) is 22.0. The predicted molar refractivity (Wildman–Crippen MR) is 168 cm³/mol. The number of halogens is 3. The van der Waals surface area contributed by atoms with E-state index in [0.717, 1.165) is 54.8 Å². The number of unbranched alkanes of at least 4 members (excludes halogenated alkanes) is 1. The highest BCUT2D eigenvalue weighted by Crippen LogP contribution is 2.37. The number of amides is 2. The van der Waals surface area contributed by atoms with Gasteiger partial charge in [0, 0.05) is 45.5 Å². The maximum Gasteiger partial charge on any atom is 0.257 e. The lowest BCUT2D eigenvalue weighted by molar-refractivity contribution is -0.123. The fourth-order valence-corrected chi connectivity index (χ4v) is 6.07. The van der Waals surface area contributed by atoms with Crippen LogP contribution in [0.2, 0.25) is 10.0 Å². The number of hydrogen-bond donors (Lipinski definition) is 1. The van der Waals surface area contributed by atoms with Crippen LogP contribution in [0.5, 0.6) is 0 Å². The molecular formula is C30H31Cl2IN4O3. The molecule has 0 radical (unpaired) electrons. The van der Waals surface area contributed by atoms with Gasteiger partial charge in [-0.3, -0.25) is 14.5 Å². The molecule has 10 heteroatoms. The van der Waals surface area contributed by atoms with E-state index < -0.39 is 6.04 Å². The van der Waals surface area contributed by atoms with E-state index in [0.29, 0.717) is 39.1 Å². The number of hydrogen-bond acceptors (Lipinski definition) is 5. The van der Waals surface area contributed by atoms with Gasteiger partial charge in [0.2, 0.25) is 0 Å². The van der Waals surface area contributed by atoms with Crippen molar-refractivity contribution in [2.24, 2.45) is 0 Å². The van der Waals surface area contributed by atoms with Crippen molar-refractivity contribution in [1.82, 2.24) is 9.80 Å². The highest BCUT2D eigenvalue weighted by atomic mass is 127. The maximum absolute atomic E-state index is 14.5. The Kier molecular flexibility index (Phi) is 9.53. The summed E-state index contributed by atoms with van der Waals surface area (Å²) in [6.07, 6.45) is 1.74. The summed E-state index contributed by atoms with van der Waals surface area (Å²) in [5.74, 6) is -0.387. The Hall–Kier alpha value is -2.37. The lowest BCUT2D eigenvalue weighted by Gasteiger charge is -2.32. The molecule has 210 valence electrons. The smallest absolute Gasteiger partial charge is 0.257 e. The van der Waals surface area contributed by atoms with Crippen LogP contribution in [0.4, 0.5) is 11.4 Å². The molecular weight excluding hydrogens is 662 g/mol. The monoisotopic (exact) mass is 692 g/mol. The van der Waals surface area contributed by atoms with Crippen LogP contribution in [0.1, 0.15) is 40.4 Å². The van der Waals surface area contributed by atoms with Gasteiger partial charge in [0.1, 0.15) is 6.04 Å². The fraction of sp³-hybridized carbons (Fsp3) is 0.333. The summed E-state index contributed by atoms with van der Waals surface area (Å²) < 4.78 is 6.38. The van der Waals surface area contributed by atoms with Gasteiger partial charge < -0.3 is 20.3 Å². The third-order valence-electron chi connectivity index (χ3n) is 7.40. The van der Waals surface area contributed by atoms with E-state index in [1.54, 1.807) is 40.1 Å². The number of fused-ring (bicyclic) bond motifs is 1. The molecule has 5 rings (SSSR count). The van der Waals surface area contributed by atoms with Crippen molar-refractivity contribution < 1.29 is 14.3 Å². The van der Waals surface area contributed by atoms with Crippen molar-refractivity contribution in [3.8, 4) is 0 Å². The molecule has 40 heavy (non-hydrogen) atoms. The molecule has 0 bridgehead atoms. The van der Waals surface area contributed by atoms with Gasteiger partial charge in [0.05, 0.1) is 24.5 Å². The predicted octanol–water partition coefficient (Wildman–Crippen LogP) is 6.02. The van der Waals surface area contributed by atoms with Gasteiger partial charge in [-0.05, 0) is 95.6 Å². The Morgan fingerprint density at radius 3 is 2.33 bits per heavy atom. The summed E-state index contributed by atoms with van der Waals surface area (Å²) in [5, 5.41) is 1.07. The first-order chi connectivity index (χ1) is 19.3. The van der Waals surface area contributed by atoms with Crippen LogP contribution >= 0.6 is 45.8 Å². The molecule has 3 aromatic carbocycles. The lowest BCUT2D eigenvalue weighted by Crippen LogP contribution is -2.43. The third kappa shape index (κ3) is 6.57. The summed E-state index contributed by atoms with van der Waals surface area (Å²) in [7, 11) is 0. The van der Waals surface area contributed by atoms with Gasteiger partial charge in [0.15, 0.2) is 0 Å². The minimum absolute atomic E-state index is 0.149. The maximum atomic E-state index is 14.5. The molecule has 0 saturated carbocycles. The van der Waals surface area contributed by atoms with Crippen LogP contribution in [-0.4, -0.2) is 61.0 Å². The first-order valence-corrected chi connectivity index (χ1v) is 15.2. The molecule has 1 saturated heterocycles. The summed E-state index contributed by atoms with van der Waals surface area (Å²) in [5.41, 5.74) is 9.31. The topological polar surface area (TPSA) is 79.1 Å². The number of anilines is 2. The quantitative estimate of drug-likeness (QED) is 0.178. The molecule has 1 fully saturated rings. The average molecular weight is 693 g/mol. The van der Waals surface area contributed by atoms with E-state index in [4.69, 9.17) is 33.7 Å². The van der Waals surface area contributed by atoms with Crippen LogP contribution in [0.15, 0.2) is 60.7 Å². The molecule has 2 N–H and O–H groups in total. The standard InChI is InChI=1S/C30H31Cl2IN4O3/c31-22-6-3-20(4-7-22)28-30(39)36(12-2-1-11-35-13-15-40-16-14-35)27-10-9-24(33)18-25(27)29(38)37(28)19-21-5-8-23(32)17-26(21)34/h3-10,17-18,28H,1-2,11-16,19,34H2. The molecule has 2 amide bonds. The Bertz CT molecular complexity index is 1380. The van der Waals surface area contributed by atoms with Gasteiger partial charge in [0.25, 0.3) is 11.8 Å². The number of carbonyl (C=O) groups excluding carboxylic acids is 2. The normalized spacial score (nSPS) is 18.1. The number of rotatable bonds is 8. The second-order valence-corrected chi connectivity index (χ2v) is 12.2. The van der Waals surface area contributed by atoms with Crippen molar-refractivity contribution in [2.45, 2.75) is 25.4 Å². The van der Waals surface area contributed by atoms with E-state index in [9.17, 15) is 9.59 Å². The Labute approximate surface area is 258 Å². The summed E-state index contributed by atoms with van der Waals surface area (Å²) in [6, 6.07) is 17.1. The molecule has 0 aromatic heterocycles. The van der Waals surface area contributed by atoms with Crippen LogP contribution < -0.4 is 10.6 Å². The number of ether oxygens (including phenoxy) is 1. The zero-order chi connectivity index (χ0) is 28.2. The second-order valence-electron chi connectivity index (χ2n) is 10.0. The summed E-state index contributed by atoms with van der Waals surface area (Å²) in [4.78, 5) is 34.6. The van der Waals surface area contributed by atoms with Crippen LogP contribution in [0.25, 0.3) is 0 Å². The van der Waals surface area contributed by atoms with Crippen LogP contribution in [0, 0.1) is 3.57 Å². The molecule has 3 aromatic rings. The van der Waals surface area contributed by atoms with E-state index in [-0.39, 0.29) is 18.4 Å². The van der Waals surface area contributed by atoms with Gasteiger partial charge >= 0.3 is 0 Å². The zero-order valence-corrected chi connectivity index (χ0v) is 25.7. The number of carbonyl (C=O) groups is 2. The molecule has 2 aliphatic rings. The fourth-order valence-electron chi connectivity index (χ4n) is 5.27. The first kappa shape index (κ1) is 29.1. The Balaban J connectivity index is 1.51. The van der Waals surface area contributed by atoms with Crippen molar-refractivity contribution in [3.63, 3.8) is 0 Å². The van der Waals surface area contributed by atoms with Crippen molar-refractivity contribution in [3.05, 3.63) is 91.0 Å². The molecule has 2 aliphatic heterocycles. The van der Waals surface area contributed by atoms with Crippen molar-refractivity contribution in [2.75, 3.05) is 50.0 Å². The molecule has 0 spiro atoms. The summed E-state index contributed by atoms with van der Waals surface area (Å²) >= 11 is 14.5. The summed E-state index contributed by atoms with van der Waals surface area (Å²) in [6.45, 7) is 4.98. The number of nitrogen functional groups attached to an aromatic ring is 1. The van der Waals surface area contributed by atoms with Gasteiger partial charge in [-0.2, -0.15) is 0 Å². The average Bonchev–Trinajstić information content (AvgIpc) is 3.02. The van der Waals surface area contributed by atoms with Crippen LogP contribution in [0.3, 0.4) is 0 Å². The minimum atomic E-state index is -0.857. The SMILES string of the molecule is Nc1cc(Cl)ccc1CN1C(=O)c2cc(I)ccc2N(CCCCN2CCOCC2)C(=O)C1c1ccc(Cl)cc1. The number of benzene rings is 3. The first-order valence-electron chi connectivity index (χ1n) is 13.3. The van der Waals surface area contributed by atoms with Crippen molar-refractivity contribution >= 4 is 69.0 Å². The number of nitrogens with zero attached hydrogens (tertiary/aromatic N) is 3. The number of nitrogens with two attached hydrogens (primary N) is 1. The van der Waals surface area contributed by atoms with Gasteiger partial charge in [-0.25, -0.2) is 0 Å². The minimum Gasteiger partial charge on any atom is -0.398 e.